The Balaban J connectivity index is 2.20. The molecule has 2 N–H and O–H groups in total. The van der Waals surface area contributed by atoms with Crippen LogP contribution in [0.2, 0.25) is 0 Å². The lowest BCUT2D eigenvalue weighted by Gasteiger charge is -2.19. The molecule has 0 amide bonds. The number of hydrogen-bond donors (Lipinski definition) is 2. The molecule has 0 saturated carbocycles. The van der Waals surface area contributed by atoms with Crippen molar-refractivity contribution >= 4 is 0 Å². The standard InChI is InChI=1S/C9H19NO2/c1-8(11)3-5-10-6-4-9(2,12)7-10/h8,11-12H,3-7H2,1-2H3. The maximum atomic E-state index is 9.63. The van der Waals surface area contributed by atoms with Crippen molar-refractivity contribution < 1.29 is 10.2 Å². The number of aliphatic hydroxyl groups excluding tert-OH is 1. The molecule has 1 heterocycles. The Morgan fingerprint density at radius 2 is 2.25 bits per heavy atom. The summed E-state index contributed by atoms with van der Waals surface area (Å²) in [6.07, 6.45) is 1.43. The second-order valence-corrected chi connectivity index (χ2v) is 4.16. The molecule has 1 aliphatic heterocycles. The van der Waals surface area contributed by atoms with Crippen molar-refractivity contribution in [3.63, 3.8) is 0 Å². The van der Waals surface area contributed by atoms with Crippen molar-refractivity contribution in [2.75, 3.05) is 19.6 Å². The predicted octanol–water partition coefficient (Wildman–Crippen LogP) is 0.214. The number of rotatable bonds is 3. The second-order valence-electron chi connectivity index (χ2n) is 4.16. The van der Waals surface area contributed by atoms with Gasteiger partial charge in [-0.1, -0.05) is 0 Å². The number of aliphatic hydroxyl groups is 2. The van der Waals surface area contributed by atoms with Gasteiger partial charge in [0, 0.05) is 19.6 Å². The molecular formula is C9H19NO2. The van der Waals surface area contributed by atoms with Gasteiger partial charge in [-0.25, -0.2) is 0 Å². The van der Waals surface area contributed by atoms with Crippen LogP contribution in [0.25, 0.3) is 0 Å². The second kappa shape index (κ2) is 3.73. The van der Waals surface area contributed by atoms with Gasteiger partial charge in [-0.05, 0) is 26.7 Å². The molecule has 1 aliphatic rings. The number of nitrogens with zero attached hydrogens (tertiary/aromatic N) is 1. The summed E-state index contributed by atoms with van der Waals surface area (Å²) in [5, 5.41) is 18.7. The Bertz CT molecular complexity index is 145. The monoisotopic (exact) mass is 173 g/mol. The highest BCUT2D eigenvalue weighted by Gasteiger charge is 2.30. The molecule has 1 fully saturated rings. The van der Waals surface area contributed by atoms with Crippen LogP contribution in [0.3, 0.4) is 0 Å². The molecule has 0 aromatic heterocycles. The molecule has 0 aromatic rings. The van der Waals surface area contributed by atoms with E-state index in [4.69, 9.17) is 5.11 Å². The molecule has 2 atom stereocenters. The summed E-state index contributed by atoms with van der Waals surface area (Å²) in [5.41, 5.74) is -0.501. The smallest absolute Gasteiger partial charge is 0.0758 e. The van der Waals surface area contributed by atoms with E-state index in [-0.39, 0.29) is 6.10 Å². The Hall–Kier alpha value is -0.120. The Morgan fingerprint density at radius 1 is 1.58 bits per heavy atom. The van der Waals surface area contributed by atoms with E-state index in [1.54, 1.807) is 6.92 Å². The quantitative estimate of drug-likeness (QED) is 0.641. The third-order valence-electron chi connectivity index (χ3n) is 2.39. The van der Waals surface area contributed by atoms with Gasteiger partial charge in [0.05, 0.1) is 11.7 Å². The van der Waals surface area contributed by atoms with Crippen LogP contribution in [0.4, 0.5) is 0 Å². The highest BCUT2D eigenvalue weighted by atomic mass is 16.3. The maximum absolute atomic E-state index is 9.63. The summed E-state index contributed by atoms with van der Waals surface area (Å²) in [6, 6.07) is 0. The van der Waals surface area contributed by atoms with E-state index < -0.39 is 5.60 Å². The lowest BCUT2D eigenvalue weighted by Crippen LogP contribution is -2.31. The number of likely N-dealkylation sites (tertiary alicyclic amines) is 1. The van der Waals surface area contributed by atoms with Crippen molar-refractivity contribution in [2.45, 2.75) is 38.4 Å². The number of β-amino-alcohol motifs (C(OH)–C–C–N with tert-alkyl or cyclic N) is 1. The first kappa shape index (κ1) is 9.96. The van der Waals surface area contributed by atoms with E-state index in [9.17, 15) is 5.11 Å². The molecule has 0 aliphatic carbocycles. The van der Waals surface area contributed by atoms with Gasteiger partial charge in [-0.15, -0.1) is 0 Å². The van der Waals surface area contributed by atoms with Crippen LogP contribution in [-0.4, -0.2) is 46.5 Å². The zero-order chi connectivity index (χ0) is 9.19. The van der Waals surface area contributed by atoms with Crippen LogP contribution >= 0.6 is 0 Å². The molecule has 12 heavy (non-hydrogen) atoms. The zero-order valence-corrected chi connectivity index (χ0v) is 7.95. The van der Waals surface area contributed by atoms with E-state index in [2.05, 4.69) is 4.90 Å². The molecule has 72 valence electrons. The molecule has 3 nitrogen and oxygen atoms in total. The first-order valence-electron chi connectivity index (χ1n) is 4.62. The van der Waals surface area contributed by atoms with Gasteiger partial charge in [0.25, 0.3) is 0 Å². The summed E-state index contributed by atoms with van der Waals surface area (Å²) in [7, 11) is 0. The first-order chi connectivity index (χ1) is 5.49. The normalized spacial score (nSPS) is 34.0. The lowest BCUT2D eigenvalue weighted by atomic mass is 10.1. The lowest BCUT2D eigenvalue weighted by molar-refractivity contribution is 0.0662. The van der Waals surface area contributed by atoms with Crippen LogP contribution in [-0.2, 0) is 0 Å². The van der Waals surface area contributed by atoms with Crippen molar-refractivity contribution in [3.8, 4) is 0 Å². The summed E-state index contributed by atoms with van der Waals surface area (Å²) in [4.78, 5) is 2.20. The minimum absolute atomic E-state index is 0.226. The fraction of sp³-hybridized carbons (Fsp3) is 1.00. The van der Waals surface area contributed by atoms with Crippen LogP contribution in [0.15, 0.2) is 0 Å². The molecule has 1 saturated heterocycles. The minimum atomic E-state index is -0.501. The van der Waals surface area contributed by atoms with E-state index in [0.717, 1.165) is 32.5 Å². The molecule has 2 unspecified atom stereocenters. The number of hydrogen-bond acceptors (Lipinski definition) is 3. The largest absolute Gasteiger partial charge is 0.393 e. The molecule has 0 bridgehead atoms. The van der Waals surface area contributed by atoms with Crippen molar-refractivity contribution in [1.29, 1.82) is 0 Å². The van der Waals surface area contributed by atoms with Crippen molar-refractivity contribution in [2.24, 2.45) is 0 Å². The van der Waals surface area contributed by atoms with Crippen molar-refractivity contribution in [3.05, 3.63) is 0 Å². The third kappa shape index (κ3) is 3.09. The molecule has 3 heteroatoms. The molecule has 0 spiro atoms. The van der Waals surface area contributed by atoms with Crippen molar-refractivity contribution in [1.82, 2.24) is 4.90 Å². The molecule has 1 rings (SSSR count). The average Bonchev–Trinajstić information content (AvgIpc) is 2.26. The van der Waals surface area contributed by atoms with Gasteiger partial charge < -0.3 is 15.1 Å². The summed E-state index contributed by atoms with van der Waals surface area (Å²) in [6.45, 7) is 6.27. The van der Waals surface area contributed by atoms with Gasteiger partial charge in [0.1, 0.15) is 0 Å². The summed E-state index contributed by atoms with van der Waals surface area (Å²) in [5.74, 6) is 0. The Labute approximate surface area is 74.0 Å². The van der Waals surface area contributed by atoms with Gasteiger partial charge in [-0.2, -0.15) is 0 Å². The highest BCUT2D eigenvalue weighted by Crippen LogP contribution is 2.20. The van der Waals surface area contributed by atoms with E-state index in [1.165, 1.54) is 0 Å². The van der Waals surface area contributed by atoms with E-state index in [0.29, 0.717) is 0 Å². The molecular weight excluding hydrogens is 154 g/mol. The van der Waals surface area contributed by atoms with Gasteiger partial charge in [0.15, 0.2) is 0 Å². The highest BCUT2D eigenvalue weighted by molar-refractivity contribution is 4.85. The molecule has 0 radical (unpaired) electrons. The van der Waals surface area contributed by atoms with Gasteiger partial charge in [0.2, 0.25) is 0 Å². The van der Waals surface area contributed by atoms with Crippen LogP contribution < -0.4 is 0 Å². The minimum Gasteiger partial charge on any atom is -0.393 e. The predicted molar refractivity (Wildman–Crippen MR) is 48.0 cm³/mol. The fourth-order valence-corrected chi connectivity index (χ4v) is 1.60. The summed E-state index contributed by atoms with van der Waals surface area (Å²) >= 11 is 0. The topological polar surface area (TPSA) is 43.7 Å². The first-order valence-corrected chi connectivity index (χ1v) is 4.62. The van der Waals surface area contributed by atoms with Gasteiger partial charge in [-0.3, -0.25) is 0 Å². The summed E-state index contributed by atoms with van der Waals surface area (Å²) < 4.78 is 0. The third-order valence-corrected chi connectivity index (χ3v) is 2.39. The maximum Gasteiger partial charge on any atom is 0.0758 e. The van der Waals surface area contributed by atoms with Gasteiger partial charge >= 0.3 is 0 Å². The Morgan fingerprint density at radius 3 is 2.67 bits per heavy atom. The van der Waals surface area contributed by atoms with E-state index >= 15 is 0 Å². The SMILES string of the molecule is CC(O)CCN1CCC(C)(O)C1. The Kier molecular flexibility index (Phi) is 3.09. The average molecular weight is 173 g/mol. The zero-order valence-electron chi connectivity index (χ0n) is 7.95. The van der Waals surface area contributed by atoms with Crippen LogP contribution in [0, 0.1) is 0 Å². The fourth-order valence-electron chi connectivity index (χ4n) is 1.60. The molecule has 0 aromatic carbocycles. The van der Waals surface area contributed by atoms with Crippen LogP contribution in [0.5, 0.6) is 0 Å². The van der Waals surface area contributed by atoms with E-state index in [1.807, 2.05) is 6.92 Å². The van der Waals surface area contributed by atoms with Crippen LogP contribution in [0.1, 0.15) is 26.7 Å².